The number of nitrogens with zero attached hydrogens (tertiary/aromatic N) is 4. The number of rotatable bonds is 4. The molecule has 0 aromatic carbocycles. The summed E-state index contributed by atoms with van der Waals surface area (Å²) in [5.41, 5.74) is 2.21. The van der Waals surface area contributed by atoms with Crippen LogP contribution in [0, 0.1) is 32.1 Å². The average molecular weight is 373 g/mol. The van der Waals surface area contributed by atoms with Gasteiger partial charge in [-0.1, -0.05) is 0 Å². The summed E-state index contributed by atoms with van der Waals surface area (Å²) in [5, 5.41) is 15.1. The number of anilines is 2. The first kappa shape index (κ1) is 18.4. The van der Waals surface area contributed by atoms with E-state index in [1.807, 2.05) is 13.8 Å². The van der Waals surface area contributed by atoms with E-state index in [1.165, 1.54) is 0 Å². The number of carbonyl (C=O) groups is 1. The lowest BCUT2D eigenvalue weighted by Gasteiger charge is -2.20. The van der Waals surface area contributed by atoms with Crippen LogP contribution in [0.2, 0.25) is 0 Å². The molecule has 3 rings (SSSR count). The molecule has 138 valence electrons. The molecule has 8 heteroatoms. The normalized spacial score (nSPS) is 15.5. The molecule has 1 fully saturated rings. The number of aryl methyl sites for hydroxylation is 2. The molecule has 1 amide bonds. The average Bonchev–Trinajstić information content (AvgIpc) is 3.04. The highest BCUT2D eigenvalue weighted by Gasteiger charge is 2.21. The summed E-state index contributed by atoms with van der Waals surface area (Å²) in [6.07, 6.45) is 0.980. The van der Waals surface area contributed by atoms with Gasteiger partial charge in [-0.15, -0.1) is 11.3 Å². The van der Waals surface area contributed by atoms with E-state index in [2.05, 4.69) is 31.5 Å². The first-order valence-electron chi connectivity index (χ1n) is 8.67. The van der Waals surface area contributed by atoms with E-state index in [4.69, 9.17) is 4.42 Å². The Morgan fingerprint density at radius 2 is 2.15 bits per heavy atom. The predicted molar refractivity (Wildman–Crippen MR) is 102 cm³/mol. The van der Waals surface area contributed by atoms with Gasteiger partial charge in [0, 0.05) is 37.1 Å². The molecule has 3 heterocycles. The molecular formula is C18H23N5O2S. The molecular weight excluding hydrogens is 350 g/mol. The van der Waals surface area contributed by atoms with Crippen molar-refractivity contribution in [2.75, 3.05) is 42.9 Å². The van der Waals surface area contributed by atoms with Crippen LogP contribution in [0.5, 0.6) is 0 Å². The Labute approximate surface area is 157 Å². The molecule has 0 spiro atoms. The lowest BCUT2D eigenvalue weighted by Crippen LogP contribution is -2.36. The van der Waals surface area contributed by atoms with Crippen LogP contribution in [0.3, 0.4) is 0 Å². The summed E-state index contributed by atoms with van der Waals surface area (Å²) in [6, 6.07) is 2.10. The highest BCUT2D eigenvalue weighted by Crippen LogP contribution is 2.25. The van der Waals surface area contributed by atoms with Gasteiger partial charge in [-0.2, -0.15) is 5.26 Å². The standard InChI is InChI=1S/C18H23N5O2S/c1-12-11-26-18(20-12)23-6-4-5-22(7-8-23)10-16(24)21-17-15(9-19)13(2)14(3)25-17/h11H,4-8,10H2,1-3H3,(H,21,24). The van der Waals surface area contributed by atoms with Gasteiger partial charge >= 0.3 is 0 Å². The van der Waals surface area contributed by atoms with Gasteiger partial charge in [0.1, 0.15) is 17.4 Å². The van der Waals surface area contributed by atoms with Crippen molar-refractivity contribution in [1.82, 2.24) is 9.88 Å². The maximum atomic E-state index is 12.4. The van der Waals surface area contributed by atoms with Crippen LogP contribution in [-0.4, -0.2) is 48.5 Å². The summed E-state index contributed by atoms with van der Waals surface area (Å²) in [7, 11) is 0. The molecule has 0 atom stereocenters. The largest absolute Gasteiger partial charge is 0.444 e. The highest BCUT2D eigenvalue weighted by molar-refractivity contribution is 7.13. The second kappa shape index (κ2) is 7.89. The summed E-state index contributed by atoms with van der Waals surface area (Å²) in [6.45, 7) is 9.34. The molecule has 1 aliphatic rings. The van der Waals surface area contributed by atoms with Gasteiger partial charge in [-0.25, -0.2) is 4.98 Å². The van der Waals surface area contributed by atoms with Crippen LogP contribution in [0.15, 0.2) is 9.80 Å². The van der Waals surface area contributed by atoms with Crippen LogP contribution in [0.1, 0.15) is 29.0 Å². The number of hydrogen-bond acceptors (Lipinski definition) is 7. The van der Waals surface area contributed by atoms with Crippen LogP contribution >= 0.6 is 11.3 Å². The molecule has 2 aromatic rings. The van der Waals surface area contributed by atoms with Gasteiger partial charge < -0.3 is 9.32 Å². The van der Waals surface area contributed by atoms with Gasteiger partial charge in [0.15, 0.2) is 5.13 Å². The third-order valence-electron chi connectivity index (χ3n) is 4.58. The molecule has 0 bridgehead atoms. The van der Waals surface area contributed by atoms with E-state index in [9.17, 15) is 10.1 Å². The smallest absolute Gasteiger partial charge is 0.240 e. The minimum absolute atomic E-state index is 0.159. The maximum absolute atomic E-state index is 12.4. The molecule has 0 unspecified atom stereocenters. The highest BCUT2D eigenvalue weighted by atomic mass is 32.1. The molecule has 1 N–H and O–H groups in total. The quantitative estimate of drug-likeness (QED) is 0.887. The minimum atomic E-state index is -0.159. The molecule has 1 saturated heterocycles. The fraction of sp³-hybridized carbons (Fsp3) is 0.500. The molecule has 7 nitrogen and oxygen atoms in total. The predicted octanol–water partition coefficient (Wildman–Crippen LogP) is 2.68. The van der Waals surface area contributed by atoms with Crippen molar-refractivity contribution >= 4 is 28.3 Å². The Hall–Kier alpha value is -2.37. The maximum Gasteiger partial charge on any atom is 0.240 e. The van der Waals surface area contributed by atoms with Crippen molar-refractivity contribution in [1.29, 1.82) is 5.26 Å². The topological polar surface area (TPSA) is 85.4 Å². The van der Waals surface area contributed by atoms with Gasteiger partial charge in [-0.05, 0) is 27.2 Å². The van der Waals surface area contributed by atoms with E-state index in [0.717, 1.165) is 49.0 Å². The fourth-order valence-corrected chi connectivity index (χ4v) is 3.88. The van der Waals surface area contributed by atoms with Crippen LogP contribution in [0.4, 0.5) is 11.0 Å². The van der Waals surface area contributed by atoms with Gasteiger partial charge in [0.05, 0.1) is 12.2 Å². The Balaban J connectivity index is 1.57. The number of carbonyl (C=O) groups excluding carboxylic acids is 1. The Bertz CT molecular complexity index is 835. The molecule has 0 aliphatic carbocycles. The van der Waals surface area contributed by atoms with E-state index in [1.54, 1.807) is 18.3 Å². The van der Waals surface area contributed by atoms with Gasteiger partial charge in [0.2, 0.25) is 11.8 Å². The van der Waals surface area contributed by atoms with Crippen molar-refractivity contribution < 1.29 is 9.21 Å². The van der Waals surface area contributed by atoms with Crippen LogP contribution in [-0.2, 0) is 4.79 Å². The van der Waals surface area contributed by atoms with Crippen molar-refractivity contribution in [2.24, 2.45) is 0 Å². The Kier molecular flexibility index (Phi) is 5.59. The number of nitrogens with one attached hydrogen (secondary N) is 1. The Morgan fingerprint density at radius 1 is 1.35 bits per heavy atom. The van der Waals surface area contributed by atoms with E-state index in [0.29, 0.717) is 11.3 Å². The van der Waals surface area contributed by atoms with Crippen LogP contribution < -0.4 is 10.2 Å². The van der Waals surface area contributed by atoms with E-state index >= 15 is 0 Å². The second-order valence-corrected chi connectivity index (χ2v) is 7.37. The minimum Gasteiger partial charge on any atom is -0.444 e. The fourth-order valence-electron chi connectivity index (χ4n) is 3.03. The number of amides is 1. The lowest BCUT2D eigenvalue weighted by atomic mass is 10.2. The first-order chi connectivity index (χ1) is 12.5. The van der Waals surface area contributed by atoms with Crippen molar-refractivity contribution in [3.8, 4) is 6.07 Å². The third kappa shape index (κ3) is 4.06. The van der Waals surface area contributed by atoms with E-state index < -0.39 is 0 Å². The number of hydrogen-bond donors (Lipinski definition) is 1. The van der Waals surface area contributed by atoms with Crippen molar-refractivity contribution in [2.45, 2.75) is 27.2 Å². The second-order valence-electron chi connectivity index (χ2n) is 6.54. The summed E-state index contributed by atoms with van der Waals surface area (Å²) in [4.78, 5) is 21.4. The monoisotopic (exact) mass is 373 g/mol. The van der Waals surface area contributed by atoms with Crippen LogP contribution in [0.25, 0.3) is 0 Å². The van der Waals surface area contributed by atoms with E-state index in [-0.39, 0.29) is 18.3 Å². The van der Waals surface area contributed by atoms with Crippen molar-refractivity contribution in [3.05, 3.63) is 28.0 Å². The Morgan fingerprint density at radius 3 is 2.85 bits per heavy atom. The number of thiazole rings is 1. The molecule has 26 heavy (non-hydrogen) atoms. The zero-order chi connectivity index (χ0) is 18.7. The summed E-state index contributed by atoms with van der Waals surface area (Å²) >= 11 is 1.66. The number of furan rings is 1. The summed E-state index contributed by atoms with van der Waals surface area (Å²) < 4.78 is 5.51. The zero-order valence-electron chi connectivity index (χ0n) is 15.3. The molecule has 2 aromatic heterocycles. The number of aromatic nitrogens is 1. The third-order valence-corrected chi connectivity index (χ3v) is 5.60. The lowest BCUT2D eigenvalue weighted by molar-refractivity contribution is -0.117. The molecule has 1 aliphatic heterocycles. The molecule has 0 saturated carbocycles. The first-order valence-corrected chi connectivity index (χ1v) is 9.55. The zero-order valence-corrected chi connectivity index (χ0v) is 16.2. The van der Waals surface area contributed by atoms with Gasteiger partial charge in [-0.3, -0.25) is 15.0 Å². The molecule has 0 radical (unpaired) electrons. The van der Waals surface area contributed by atoms with Gasteiger partial charge in [0.25, 0.3) is 0 Å². The SMILES string of the molecule is Cc1csc(N2CCCN(CC(=O)Nc3oc(C)c(C)c3C#N)CC2)n1. The van der Waals surface area contributed by atoms with Crippen molar-refractivity contribution in [3.63, 3.8) is 0 Å². The number of nitriles is 1. The summed E-state index contributed by atoms with van der Waals surface area (Å²) in [5.74, 6) is 0.747.